The number of aromatic nitrogens is 2. The van der Waals surface area contributed by atoms with E-state index in [0.717, 1.165) is 32.9 Å². The number of nitrogen functional groups attached to an aromatic ring is 1. The predicted octanol–water partition coefficient (Wildman–Crippen LogP) is 3.50. The number of thioether (sulfide) groups is 1. The average molecular weight is 267 g/mol. The minimum atomic E-state index is 0.813. The van der Waals surface area contributed by atoms with Crippen molar-refractivity contribution in [3.8, 4) is 0 Å². The molecule has 0 unspecified atom stereocenters. The maximum atomic E-state index is 5.95. The fourth-order valence-electron chi connectivity index (χ4n) is 1.91. The molecule has 0 saturated carbocycles. The summed E-state index contributed by atoms with van der Waals surface area (Å²) in [5, 5.41) is 2.08. The summed E-state index contributed by atoms with van der Waals surface area (Å²) in [6.45, 7) is 0. The molecule has 3 rings (SSSR count). The van der Waals surface area contributed by atoms with E-state index < -0.39 is 0 Å². The second-order valence-electron chi connectivity index (χ2n) is 4.18. The van der Waals surface area contributed by atoms with E-state index >= 15 is 0 Å². The van der Waals surface area contributed by atoms with Gasteiger partial charge in [-0.05, 0) is 17.7 Å². The molecule has 2 N–H and O–H groups in total. The molecule has 1 heterocycles. The summed E-state index contributed by atoms with van der Waals surface area (Å²) in [4.78, 5) is 8.63. The first kappa shape index (κ1) is 12.0. The summed E-state index contributed by atoms with van der Waals surface area (Å²) < 4.78 is 0. The van der Waals surface area contributed by atoms with Gasteiger partial charge >= 0.3 is 0 Å². The number of hydrogen-bond acceptors (Lipinski definition) is 4. The Labute approximate surface area is 115 Å². The number of benzene rings is 2. The van der Waals surface area contributed by atoms with E-state index in [0.29, 0.717) is 0 Å². The second kappa shape index (κ2) is 5.28. The Hall–Kier alpha value is -2.07. The topological polar surface area (TPSA) is 51.8 Å². The number of nitrogens with zero attached hydrogens (tertiary/aromatic N) is 2. The quantitative estimate of drug-likeness (QED) is 0.448. The Morgan fingerprint density at radius 3 is 2.63 bits per heavy atom. The Morgan fingerprint density at radius 1 is 0.947 bits per heavy atom. The molecule has 19 heavy (non-hydrogen) atoms. The first-order valence-corrected chi connectivity index (χ1v) is 6.99. The van der Waals surface area contributed by atoms with Crippen molar-refractivity contribution >= 4 is 28.4 Å². The molecule has 0 aliphatic rings. The van der Waals surface area contributed by atoms with Gasteiger partial charge in [-0.3, -0.25) is 0 Å². The van der Waals surface area contributed by atoms with Crippen molar-refractivity contribution in [1.82, 2.24) is 9.97 Å². The standard InChI is InChI=1S/C15H13N3S/c16-13-7-3-1-5-11(13)9-19-15-12-6-2-4-8-14(12)17-10-18-15/h1-8,10H,9,16H2. The van der Waals surface area contributed by atoms with Crippen LogP contribution in [0.15, 0.2) is 59.9 Å². The zero-order chi connectivity index (χ0) is 13.1. The lowest BCUT2D eigenvalue weighted by Gasteiger charge is -2.06. The molecule has 0 aliphatic heterocycles. The van der Waals surface area contributed by atoms with Gasteiger partial charge in [0.2, 0.25) is 0 Å². The third kappa shape index (κ3) is 2.53. The van der Waals surface area contributed by atoms with Gasteiger partial charge in [0.05, 0.1) is 5.52 Å². The number of rotatable bonds is 3. The van der Waals surface area contributed by atoms with Gasteiger partial charge in [-0.2, -0.15) is 0 Å². The summed E-state index contributed by atoms with van der Waals surface area (Å²) in [6.07, 6.45) is 1.61. The van der Waals surface area contributed by atoms with Crippen LogP contribution in [0.1, 0.15) is 5.56 Å². The summed E-state index contributed by atoms with van der Waals surface area (Å²) in [5.41, 5.74) is 8.89. The molecule has 0 saturated heterocycles. The molecule has 0 aliphatic carbocycles. The van der Waals surface area contributed by atoms with Crippen LogP contribution >= 0.6 is 11.8 Å². The van der Waals surface area contributed by atoms with Crippen LogP contribution in [0.5, 0.6) is 0 Å². The number of nitrogens with two attached hydrogens (primary N) is 1. The molecular formula is C15H13N3S. The summed E-state index contributed by atoms with van der Waals surface area (Å²) in [6, 6.07) is 16.0. The van der Waals surface area contributed by atoms with Crippen molar-refractivity contribution in [2.75, 3.05) is 5.73 Å². The highest BCUT2D eigenvalue weighted by Gasteiger charge is 2.05. The summed E-state index contributed by atoms with van der Waals surface area (Å²) in [7, 11) is 0. The zero-order valence-electron chi connectivity index (χ0n) is 10.3. The van der Waals surface area contributed by atoms with Crippen molar-refractivity contribution in [1.29, 1.82) is 0 Å². The molecule has 0 radical (unpaired) electrons. The zero-order valence-corrected chi connectivity index (χ0v) is 11.1. The van der Waals surface area contributed by atoms with Gasteiger partial charge in [0.1, 0.15) is 11.4 Å². The molecule has 0 atom stereocenters. The highest BCUT2D eigenvalue weighted by Crippen LogP contribution is 2.28. The van der Waals surface area contributed by atoms with Crippen molar-refractivity contribution in [2.24, 2.45) is 0 Å². The fraction of sp³-hybridized carbons (Fsp3) is 0.0667. The first-order chi connectivity index (χ1) is 9.34. The molecular weight excluding hydrogens is 254 g/mol. The Morgan fingerprint density at radius 2 is 1.74 bits per heavy atom. The maximum Gasteiger partial charge on any atom is 0.117 e. The van der Waals surface area contributed by atoms with Gasteiger partial charge in [0.15, 0.2) is 0 Å². The molecule has 0 bridgehead atoms. The number of anilines is 1. The van der Waals surface area contributed by atoms with E-state index in [2.05, 4.69) is 9.97 Å². The third-order valence-electron chi connectivity index (χ3n) is 2.93. The Kier molecular flexibility index (Phi) is 3.33. The lowest BCUT2D eigenvalue weighted by molar-refractivity contribution is 1.10. The van der Waals surface area contributed by atoms with Gasteiger partial charge in [-0.15, -0.1) is 11.8 Å². The highest BCUT2D eigenvalue weighted by molar-refractivity contribution is 7.98. The third-order valence-corrected chi connectivity index (χ3v) is 3.98. The van der Waals surface area contributed by atoms with Crippen LogP contribution in [0.4, 0.5) is 5.69 Å². The van der Waals surface area contributed by atoms with Gasteiger partial charge < -0.3 is 5.73 Å². The van der Waals surface area contributed by atoms with Crippen LogP contribution in [-0.2, 0) is 5.75 Å². The van der Waals surface area contributed by atoms with Crippen molar-refractivity contribution < 1.29 is 0 Å². The lowest BCUT2D eigenvalue weighted by atomic mass is 10.2. The molecule has 0 amide bonds. The lowest BCUT2D eigenvalue weighted by Crippen LogP contribution is -1.92. The molecule has 3 aromatic rings. The van der Waals surface area contributed by atoms with E-state index in [-0.39, 0.29) is 0 Å². The Bertz CT molecular complexity index is 707. The van der Waals surface area contributed by atoms with Crippen LogP contribution in [0.2, 0.25) is 0 Å². The molecule has 0 spiro atoms. The van der Waals surface area contributed by atoms with Gasteiger partial charge in [0.25, 0.3) is 0 Å². The largest absolute Gasteiger partial charge is 0.398 e. The van der Waals surface area contributed by atoms with E-state index in [4.69, 9.17) is 5.73 Å². The molecule has 4 heteroatoms. The fourth-order valence-corrected chi connectivity index (χ4v) is 2.91. The van der Waals surface area contributed by atoms with Crippen LogP contribution in [0.25, 0.3) is 10.9 Å². The highest BCUT2D eigenvalue weighted by atomic mass is 32.2. The summed E-state index contributed by atoms with van der Waals surface area (Å²) >= 11 is 1.69. The van der Waals surface area contributed by atoms with Crippen molar-refractivity contribution in [2.45, 2.75) is 10.8 Å². The monoisotopic (exact) mass is 267 g/mol. The van der Waals surface area contributed by atoms with Gasteiger partial charge in [-0.25, -0.2) is 9.97 Å². The minimum Gasteiger partial charge on any atom is -0.398 e. The number of fused-ring (bicyclic) bond motifs is 1. The molecule has 2 aromatic carbocycles. The smallest absolute Gasteiger partial charge is 0.117 e. The first-order valence-electron chi connectivity index (χ1n) is 6.00. The van der Waals surface area contributed by atoms with Crippen molar-refractivity contribution in [3.05, 3.63) is 60.4 Å². The normalized spacial score (nSPS) is 10.7. The van der Waals surface area contributed by atoms with E-state index in [1.165, 1.54) is 0 Å². The molecule has 3 nitrogen and oxygen atoms in total. The second-order valence-corrected chi connectivity index (χ2v) is 5.15. The summed E-state index contributed by atoms with van der Waals surface area (Å²) in [5.74, 6) is 0.813. The maximum absolute atomic E-state index is 5.95. The van der Waals surface area contributed by atoms with E-state index in [1.807, 2.05) is 48.5 Å². The Balaban J connectivity index is 1.88. The van der Waals surface area contributed by atoms with Gasteiger partial charge in [-0.1, -0.05) is 36.4 Å². The van der Waals surface area contributed by atoms with Crippen LogP contribution in [0.3, 0.4) is 0 Å². The van der Waals surface area contributed by atoms with Crippen LogP contribution < -0.4 is 5.73 Å². The molecule has 1 aromatic heterocycles. The average Bonchev–Trinajstić information content (AvgIpc) is 2.46. The van der Waals surface area contributed by atoms with Crippen molar-refractivity contribution in [3.63, 3.8) is 0 Å². The SMILES string of the molecule is Nc1ccccc1CSc1ncnc2ccccc12. The minimum absolute atomic E-state index is 0.813. The van der Waals surface area contributed by atoms with Gasteiger partial charge in [0, 0.05) is 16.8 Å². The van der Waals surface area contributed by atoms with Crippen LogP contribution in [0, 0.1) is 0 Å². The molecule has 0 fully saturated rings. The number of para-hydroxylation sites is 2. The molecule has 94 valence electrons. The predicted molar refractivity (Wildman–Crippen MR) is 80.0 cm³/mol. The number of hydrogen-bond donors (Lipinski definition) is 1. The van der Waals surface area contributed by atoms with Crippen LogP contribution in [-0.4, -0.2) is 9.97 Å². The van der Waals surface area contributed by atoms with E-state index in [9.17, 15) is 0 Å². The van der Waals surface area contributed by atoms with E-state index in [1.54, 1.807) is 18.1 Å².